The van der Waals surface area contributed by atoms with E-state index < -0.39 is 5.09 Å². The van der Waals surface area contributed by atoms with Crippen molar-refractivity contribution < 1.29 is 10.3 Å². The van der Waals surface area contributed by atoms with Crippen molar-refractivity contribution in [2.75, 3.05) is 0 Å². The lowest BCUT2D eigenvalue weighted by Crippen LogP contribution is -2.18. The van der Waals surface area contributed by atoms with Crippen LogP contribution in [0, 0.1) is 10.1 Å². The van der Waals surface area contributed by atoms with E-state index in [0.29, 0.717) is 0 Å². The van der Waals surface area contributed by atoms with Crippen LogP contribution in [0.3, 0.4) is 0 Å². The molecule has 0 fully saturated rings. The van der Waals surface area contributed by atoms with E-state index in [9.17, 15) is 0 Å². The van der Waals surface area contributed by atoms with Crippen molar-refractivity contribution in [3.05, 3.63) is 10.1 Å². The number of thiocarbonyl (C=S) groups is 1. The molecule has 6 nitrogen and oxygen atoms in total. The van der Waals surface area contributed by atoms with Crippen LogP contribution in [0.5, 0.6) is 0 Å². The summed E-state index contributed by atoms with van der Waals surface area (Å²) in [4.78, 5) is 8.36. The molecule has 5 N–H and O–H groups in total. The van der Waals surface area contributed by atoms with Crippen LogP contribution in [0.25, 0.3) is 0 Å². The van der Waals surface area contributed by atoms with E-state index in [1.165, 1.54) is 0 Å². The van der Waals surface area contributed by atoms with E-state index in [0.717, 1.165) is 0 Å². The summed E-state index contributed by atoms with van der Waals surface area (Å²) < 4.78 is 0. The van der Waals surface area contributed by atoms with Gasteiger partial charge in [0.15, 0.2) is 5.11 Å². The fourth-order valence-electron chi connectivity index (χ4n) is 0. The van der Waals surface area contributed by atoms with Crippen molar-refractivity contribution in [2.45, 2.75) is 0 Å². The maximum Gasteiger partial charge on any atom is 0.291 e. The third kappa shape index (κ3) is 60.1. The maximum atomic E-state index is 8.36. The molecule has 0 bridgehead atoms. The third-order valence-corrected chi connectivity index (χ3v) is 0. The largest absolute Gasteiger partial charge is 0.377 e. The molecular formula is CH5N3O3S. The zero-order valence-corrected chi connectivity index (χ0v) is 4.59. The van der Waals surface area contributed by atoms with Gasteiger partial charge < -0.3 is 16.7 Å². The van der Waals surface area contributed by atoms with Crippen LogP contribution < -0.4 is 11.5 Å². The highest BCUT2D eigenvalue weighted by atomic mass is 32.1. The van der Waals surface area contributed by atoms with E-state index >= 15 is 0 Å². The van der Waals surface area contributed by atoms with Crippen molar-refractivity contribution in [3.8, 4) is 0 Å². The third-order valence-electron chi connectivity index (χ3n) is 0. The molecule has 0 aromatic heterocycles. The van der Waals surface area contributed by atoms with Gasteiger partial charge in [0.25, 0.3) is 5.09 Å². The monoisotopic (exact) mass is 139 g/mol. The van der Waals surface area contributed by atoms with Gasteiger partial charge in [-0.1, -0.05) is 0 Å². The minimum Gasteiger partial charge on any atom is -0.377 e. The summed E-state index contributed by atoms with van der Waals surface area (Å²) in [6, 6.07) is 0. The van der Waals surface area contributed by atoms with Crippen molar-refractivity contribution in [3.63, 3.8) is 0 Å². The zero-order valence-electron chi connectivity index (χ0n) is 3.77. The molecule has 0 heterocycles. The minimum absolute atomic E-state index is 0.000000000000000222. The van der Waals surface area contributed by atoms with Crippen LogP contribution in [0.2, 0.25) is 0 Å². The van der Waals surface area contributed by atoms with Gasteiger partial charge in [-0.25, -0.2) is 0 Å². The van der Waals surface area contributed by atoms with Crippen molar-refractivity contribution in [1.29, 1.82) is 0 Å². The average molecular weight is 139 g/mol. The first kappa shape index (κ1) is 10.00. The van der Waals surface area contributed by atoms with Gasteiger partial charge in [-0.15, -0.1) is 10.1 Å². The quantitative estimate of drug-likeness (QED) is 0.221. The smallest absolute Gasteiger partial charge is 0.291 e. The van der Waals surface area contributed by atoms with Gasteiger partial charge in [-0.2, -0.15) is 0 Å². The second-order valence-corrected chi connectivity index (χ2v) is 1.11. The Hall–Kier alpha value is -1.11. The van der Waals surface area contributed by atoms with Crippen LogP contribution in [0.4, 0.5) is 0 Å². The van der Waals surface area contributed by atoms with Gasteiger partial charge in [-0.05, 0) is 12.2 Å². The Balaban J connectivity index is 0. The highest BCUT2D eigenvalue weighted by Crippen LogP contribution is 1.38. The molecule has 0 aliphatic carbocycles. The van der Waals surface area contributed by atoms with Crippen molar-refractivity contribution >= 4 is 17.3 Å². The summed E-state index contributed by atoms with van der Waals surface area (Å²) in [5.41, 5.74) is 9.24. The molecule has 0 spiro atoms. The number of nitrogens with zero attached hydrogens (tertiary/aromatic N) is 1. The molecule has 0 amide bonds. The Morgan fingerprint density at radius 3 is 1.75 bits per heavy atom. The lowest BCUT2D eigenvalue weighted by atomic mass is 11.3. The van der Waals surface area contributed by atoms with E-state index in [4.69, 9.17) is 15.3 Å². The van der Waals surface area contributed by atoms with Crippen LogP contribution >= 0.6 is 12.2 Å². The summed E-state index contributed by atoms with van der Waals surface area (Å²) in [6.07, 6.45) is 0. The molecule has 0 saturated heterocycles. The summed E-state index contributed by atoms with van der Waals surface area (Å²) in [5, 5.41) is 13.6. The molecule has 48 valence electrons. The molecule has 0 aliphatic rings. The van der Waals surface area contributed by atoms with Gasteiger partial charge in [0, 0.05) is 0 Å². The van der Waals surface area contributed by atoms with Crippen LogP contribution in [-0.4, -0.2) is 15.4 Å². The highest BCUT2D eigenvalue weighted by Gasteiger charge is 1.65. The lowest BCUT2D eigenvalue weighted by Gasteiger charge is -1.68. The second-order valence-electron chi connectivity index (χ2n) is 0.640. The Morgan fingerprint density at radius 2 is 1.75 bits per heavy atom. The number of nitrogens with two attached hydrogens (primary N) is 2. The Bertz CT molecular complexity index is 72.5. The first-order valence-electron chi connectivity index (χ1n) is 1.35. The predicted molar refractivity (Wildman–Crippen MR) is 29.8 cm³/mol. The normalized spacial score (nSPS) is 6.00. The number of hydrogen-bond donors (Lipinski definition) is 3. The SMILES string of the molecule is NC(N)=S.O=[N+]([O-])O. The minimum atomic E-state index is -1.50. The van der Waals surface area contributed by atoms with Gasteiger partial charge in [0.1, 0.15) is 0 Å². The van der Waals surface area contributed by atoms with E-state index in [1.807, 2.05) is 0 Å². The van der Waals surface area contributed by atoms with Crippen molar-refractivity contribution in [2.24, 2.45) is 11.5 Å². The summed E-state index contributed by atoms with van der Waals surface area (Å²) >= 11 is 4.09. The fraction of sp³-hybridized carbons (Fsp3) is 0. The first-order valence-corrected chi connectivity index (χ1v) is 1.75. The summed E-state index contributed by atoms with van der Waals surface area (Å²) in [6.45, 7) is 0. The molecule has 0 saturated carbocycles. The Kier molecular flexibility index (Phi) is 7.36. The maximum absolute atomic E-state index is 8.36. The van der Waals surface area contributed by atoms with Gasteiger partial charge in [-0.3, -0.25) is 0 Å². The molecule has 0 unspecified atom stereocenters. The molecule has 0 aliphatic heterocycles. The topological polar surface area (TPSA) is 115 Å². The molecule has 0 rings (SSSR count). The average Bonchev–Trinajstić information content (AvgIpc) is 1.25. The summed E-state index contributed by atoms with van der Waals surface area (Å²) in [5.74, 6) is 0. The zero-order chi connectivity index (χ0) is 7.15. The van der Waals surface area contributed by atoms with Crippen LogP contribution in [0.15, 0.2) is 0 Å². The molecule has 0 atom stereocenters. The number of hydrogen-bond acceptors (Lipinski definition) is 3. The van der Waals surface area contributed by atoms with E-state index in [2.05, 4.69) is 23.7 Å². The fourth-order valence-corrected chi connectivity index (χ4v) is 0. The second kappa shape index (κ2) is 5.89. The van der Waals surface area contributed by atoms with E-state index in [1.54, 1.807) is 0 Å². The van der Waals surface area contributed by atoms with Gasteiger partial charge >= 0.3 is 0 Å². The Morgan fingerprint density at radius 1 is 1.75 bits per heavy atom. The standard InChI is InChI=1S/CH4N2S.HNO3/c2*2-1(3)4/h(H4,2,3,4);(H,2,3,4). The van der Waals surface area contributed by atoms with Crippen LogP contribution in [-0.2, 0) is 0 Å². The highest BCUT2D eigenvalue weighted by molar-refractivity contribution is 7.80. The molecule has 0 aromatic rings. The Labute approximate surface area is 50.2 Å². The molecule has 0 radical (unpaired) electrons. The molecule has 0 aromatic carbocycles. The first-order chi connectivity index (χ1) is 3.46. The van der Waals surface area contributed by atoms with E-state index in [-0.39, 0.29) is 5.11 Å². The van der Waals surface area contributed by atoms with Gasteiger partial charge in [0.05, 0.1) is 0 Å². The molecule has 7 heteroatoms. The molecular weight excluding hydrogens is 134 g/mol. The molecule has 8 heavy (non-hydrogen) atoms. The van der Waals surface area contributed by atoms with Crippen molar-refractivity contribution in [1.82, 2.24) is 0 Å². The lowest BCUT2D eigenvalue weighted by molar-refractivity contribution is -0.742. The van der Waals surface area contributed by atoms with Gasteiger partial charge in [0.2, 0.25) is 0 Å². The summed E-state index contributed by atoms with van der Waals surface area (Å²) in [7, 11) is 0. The predicted octanol–water partition coefficient (Wildman–Crippen LogP) is -1.16. The number of rotatable bonds is 0. The van der Waals surface area contributed by atoms with Crippen LogP contribution in [0.1, 0.15) is 0 Å².